The van der Waals surface area contributed by atoms with Gasteiger partial charge in [-0.15, -0.1) is 0 Å². The van der Waals surface area contributed by atoms with Crippen LogP contribution >= 0.6 is 0 Å². The summed E-state index contributed by atoms with van der Waals surface area (Å²) in [5.74, 6) is 0. The van der Waals surface area contributed by atoms with E-state index in [2.05, 4.69) is 18.9 Å². The lowest BCUT2D eigenvalue weighted by Crippen LogP contribution is -2.04. The van der Waals surface area contributed by atoms with E-state index in [4.69, 9.17) is 10.5 Å². The Hall–Kier alpha value is -1.81. The van der Waals surface area contributed by atoms with Crippen LogP contribution in [0.15, 0.2) is 36.5 Å². The Morgan fingerprint density at radius 1 is 1.26 bits per heavy atom. The summed E-state index contributed by atoms with van der Waals surface area (Å²) >= 11 is 0. The molecule has 1 heterocycles. The third-order valence-corrected chi connectivity index (χ3v) is 3.01. The Bertz CT molecular complexity index is 520. The second kappa shape index (κ2) is 6.38. The molecule has 4 nitrogen and oxygen atoms in total. The summed E-state index contributed by atoms with van der Waals surface area (Å²) < 4.78 is 7.58. The summed E-state index contributed by atoms with van der Waals surface area (Å²) in [6, 6.07) is 10.3. The van der Waals surface area contributed by atoms with E-state index in [-0.39, 0.29) is 0 Å². The molecule has 0 unspecified atom stereocenters. The Kier molecular flexibility index (Phi) is 4.58. The molecule has 102 valence electrons. The highest BCUT2D eigenvalue weighted by molar-refractivity contribution is 5.46. The maximum absolute atomic E-state index is 5.88. The standard InChI is InChI=1S/C15H21N3O/c1-12(2)18-9-7-14(17-18)11-19-10-8-13-5-3-4-6-15(13)16/h3-7,9,12H,8,10-11,16H2,1-2H3. The summed E-state index contributed by atoms with van der Waals surface area (Å²) in [6.45, 7) is 5.42. The molecular formula is C15H21N3O. The van der Waals surface area contributed by atoms with Crippen molar-refractivity contribution in [1.82, 2.24) is 9.78 Å². The summed E-state index contributed by atoms with van der Waals surface area (Å²) in [6.07, 6.45) is 2.82. The largest absolute Gasteiger partial charge is 0.399 e. The molecule has 0 aliphatic rings. The zero-order valence-corrected chi connectivity index (χ0v) is 11.5. The fourth-order valence-corrected chi connectivity index (χ4v) is 1.86. The van der Waals surface area contributed by atoms with E-state index in [1.54, 1.807) is 0 Å². The molecule has 19 heavy (non-hydrogen) atoms. The monoisotopic (exact) mass is 259 g/mol. The molecule has 2 N–H and O–H groups in total. The molecule has 0 saturated heterocycles. The number of para-hydroxylation sites is 1. The van der Waals surface area contributed by atoms with Crippen LogP contribution in [0, 0.1) is 0 Å². The smallest absolute Gasteiger partial charge is 0.0906 e. The highest BCUT2D eigenvalue weighted by Gasteiger charge is 2.02. The lowest BCUT2D eigenvalue weighted by atomic mass is 10.1. The molecule has 0 bridgehead atoms. The van der Waals surface area contributed by atoms with Crippen molar-refractivity contribution in [3.8, 4) is 0 Å². The van der Waals surface area contributed by atoms with Gasteiger partial charge in [0.1, 0.15) is 0 Å². The molecule has 2 rings (SSSR count). The van der Waals surface area contributed by atoms with Gasteiger partial charge in [-0.1, -0.05) is 18.2 Å². The van der Waals surface area contributed by atoms with Gasteiger partial charge in [-0.25, -0.2) is 0 Å². The van der Waals surface area contributed by atoms with Crippen LogP contribution in [-0.2, 0) is 17.8 Å². The molecule has 0 atom stereocenters. The second-order valence-electron chi connectivity index (χ2n) is 4.88. The van der Waals surface area contributed by atoms with Gasteiger partial charge in [0.05, 0.1) is 18.9 Å². The van der Waals surface area contributed by atoms with Gasteiger partial charge in [-0.3, -0.25) is 4.68 Å². The minimum absolute atomic E-state index is 0.387. The van der Waals surface area contributed by atoms with E-state index in [0.717, 1.165) is 23.4 Å². The van der Waals surface area contributed by atoms with Gasteiger partial charge in [0.25, 0.3) is 0 Å². The molecule has 0 amide bonds. The number of hydrogen-bond acceptors (Lipinski definition) is 3. The molecule has 1 aromatic carbocycles. The quantitative estimate of drug-likeness (QED) is 0.641. The molecule has 0 radical (unpaired) electrons. The summed E-state index contributed by atoms with van der Waals surface area (Å²) in [7, 11) is 0. The van der Waals surface area contributed by atoms with Crippen molar-refractivity contribution in [1.29, 1.82) is 0 Å². The lowest BCUT2D eigenvalue weighted by molar-refractivity contribution is 0.120. The molecule has 0 aliphatic carbocycles. The van der Waals surface area contributed by atoms with Gasteiger partial charge >= 0.3 is 0 Å². The first-order chi connectivity index (χ1) is 9.16. The topological polar surface area (TPSA) is 53.1 Å². The minimum atomic E-state index is 0.387. The average molecular weight is 259 g/mol. The summed E-state index contributed by atoms with van der Waals surface area (Å²) in [4.78, 5) is 0. The third kappa shape index (κ3) is 3.83. The Morgan fingerprint density at radius 2 is 2.05 bits per heavy atom. The molecule has 1 aromatic heterocycles. The fourth-order valence-electron chi connectivity index (χ4n) is 1.86. The maximum Gasteiger partial charge on any atom is 0.0906 e. The predicted octanol–water partition coefficient (Wildman–Crippen LogP) is 2.81. The Morgan fingerprint density at radius 3 is 2.74 bits per heavy atom. The number of nitrogens with two attached hydrogens (primary N) is 1. The zero-order valence-electron chi connectivity index (χ0n) is 11.5. The van der Waals surface area contributed by atoms with Crippen molar-refractivity contribution in [3.63, 3.8) is 0 Å². The Balaban J connectivity index is 1.76. The number of benzene rings is 1. The van der Waals surface area contributed by atoms with Gasteiger partial charge in [0, 0.05) is 17.9 Å². The molecule has 4 heteroatoms. The predicted molar refractivity (Wildman–Crippen MR) is 76.8 cm³/mol. The van der Waals surface area contributed by atoms with Crippen molar-refractivity contribution < 1.29 is 4.74 Å². The molecule has 2 aromatic rings. The first-order valence-electron chi connectivity index (χ1n) is 6.62. The van der Waals surface area contributed by atoms with E-state index in [1.165, 1.54) is 0 Å². The van der Waals surface area contributed by atoms with Crippen LogP contribution in [0.25, 0.3) is 0 Å². The van der Waals surface area contributed by atoms with Crippen molar-refractivity contribution in [2.24, 2.45) is 0 Å². The number of rotatable bonds is 6. The molecular weight excluding hydrogens is 238 g/mol. The number of nitrogen functional groups attached to an aromatic ring is 1. The number of hydrogen-bond donors (Lipinski definition) is 1. The van der Waals surface area contributed by atoms with Gasteiger partial charge in [0.15, 0.2) is 0 Å². The minimum Gasteiger partial charge on any atom is -0.399 e. The number of nitrogens with zero attached hydrogens (tertiary/aromatic N) is 2. The molecule has 0 aliphatic heterocycles. The first kappa shape index (κ1) is 13.6. The van der Waals surface area contributed by atoms with Crippen LogP contribution in [-0.4, -0.2) is 16.4 Å². The van der Waals surface area contributed by atoms with Crippen LogP contribution in [0.4, 0.5) is 5.69 Å². The van der Waals surface area contributed by atoms with Crippen LogP contribution in [0.5, 0.6) is 0 Å². The van der Waals surface area contributed by atoms with Crippen molar-refractivity contribution >= 4 is 5.69 Å². The average Bonchev–Trinajstić information content (AvgIpc) is 2.85. The fraction of sp³-hybridized carbons (Fsp3) is 0.400. The van der Waals surface area contributed by atoms with Gasteiger partial charge in [-0.05, 0) is 38.0 Å². The highest BCUT2D eigenvalue weighted by atomic mass is 16.5. The number of aromatic nitrogens is 2. The van der Waals surface area contributed by atoms with E-state index in [1.807, 2.05) is 41.2 Å². The van der Waals surface area contributed by atoms with Gasteiger partial charge < -0.3 is 10.5 Å². The van der Waals surface area contributed by atoms with Crippen molar-refractivity contribution in [3.05, 3.63) is 47.8 Å². The lowest BCUT2D eigenvalue weighted by Gasteiger charge is -2.06. The third-order valence-electron chi connectivity index (χ3n) is 3.01. The van der Waals surface area contributed by atoms with Crippen LogP contribution < -0.4 is 5.73 Å². The first-order valence-corrected chi connectivity index (χ1v) is 6.62. The number of ether oxygens (including phenoxy) is 1. The van der Waals surface area contributed by atoms with Gasteiger partial charge in [0.2, 0.25) is 0 Å². The van der Waals surface area contributed by atoms with Crippen molar-refractivity contribution in [2.45, 2.75) is 32.9 Å². The molecule has 0 saturated carbocycles. The SMILES string of the molecule is CC(C)n1ccc(COCCc2ccccc2N)n1. The van der Waals surface area contributed by atoms with Crippen molar-refractivity contribution in [2.75, 3.05) is 12.3 Å². The normalized spacial score (nSPS) is 11.1. The maximum atomic E-state index is 5.88. The second-order valence-corrected chi connectivity index (χ2v) is 4.88. The van der Waals surface area contributed by atoms with E-state index < -0.39 is 0 Å². The summed E-state index contributed by atoms with van der Waals surface area (Å²) in [5, 5.41) is 4.44. The zero-order chi connectivity index (χ0) is 13.7. The van der Waals surface area contributed by atoms with Crippen LogP contribution in [0.3, 0.4) is 0 Å². The van der Waals surface area contributed by atoms with Crippen LogP contribution in [0.1, 0.15) is 31.1 Å². The highest BCUT2D eigenvalue weighted by Crippen LogP contribution is 2.11. The Labute approximate surface area is 114 Å². The molecule has 0 fully saturated rings. The summed E-state index contributed by atoms with van der Waals surface area (Å²) in [5.41, 5.74) is 8.81. The van der Waals surface area contributed by atoms with E-state index >= 15 is 0 Å². The van der Waals surface area contributed by atoms with E-state index in [9.17, 15) is 0 Å². The van der Waals surface area contributed by atoms with Gasteiger partial charge in [-0.2, -0.15) is 5.10 Å². The number of anilines is 1. The molecule has 0 spiro atoms. The van der Waals surface area contributed by atoms with E-state index in [0.29, 0.717) is 19.3 Å². The van der Waals surface area contributed by atoms with Crippen LogP contribution in [0.2, 0.25) is 0 Å².